The van der Waals surface area contributed by atoms with Crippen LogP contribution in [0.3, 0.4) is 0 Å². The Bertz CT molecular complexity index is 515. The van der Waals surface area contributed by atoms with Crippen molar-refractivity contribution in [3.05, 3.63) is 47.9 Å². The molecule has 0 bridgehead atoms. The molecule has 0 atom stereocenters. The number of aromatic nitrogens is 2. The Morgan fingerprint density at radius 2 is 1.81 bits per heavy atom. The molecule has 1 N–H and O–H groups in total. The smallest absolute Gasteiger partial charge is 0.0465 e. The maximum Gasteiger partial charge on any atom is 0.0465 e. The molecule has 2 heterocycles. The highest BCUT2D eigenvalue weighted by atomic mass is 14.7. The molecule has 0 aliphatic rings. The van der Waals surface area contributed by atoms with Gasteiger partial charge in [0.25, 0.3) is 0 Å². The molecule has 0 radical (unpaired) electrons. The minimum Gasteiger partial charge on any atom is -0.355 e. The Hall–Kier alpha value is -1.83. The molecule has 0 amide bonds. The van der Waals surface area contributed by atoms with Crippen LogP contribution in [0, 0.1) is 13.8 Å². The van der Waals surface area contributed by atoms with Crippen molar-refractivity contribution in [2.45, 2.75) is 20.8 Å². The Labute approximate surface area is 96.1 Å². The first kappa shape index (κ1) is 10.7. The first-order valence-electron chi connectivity index (χ1n) is 5.36. The van der Waals surface area contributed by atoms with Gasteiger partial charge in [-0.1, -0.05) is 6.58 Å². The van der Waals surface area contributed by atoms with Crippen LogP contribution in [0.2, 0.25) is 0 Å². The molecule has 2 aromatic rings. The van der Waals surface area contributed by atoms with Crippen LogP contribution >= 0.6 is 0 Å². The number of allylic oxidation sites excluding steroid dienone is 1. The Balaban J connectivity index is 2.54. The van der Waals surface area contributed by atoms with Crippen molar-refractivity contribution < 1.29 is 0 Å². The largest absolute Gasteiger partial charge is 0.355 e. The SMILES string of the molecule is C=C(C)c1ccc(-c2c(C)cncc2C)[nH]1. The maximum atomic E-state index is 4.18. The molecule has 0 unspecified atom stereocenters. The third-order valence-corrected chi connectivity index (χ3v) is 2.74. The van der Waals surface area contributed by atoms with E-state index in [0.29, 0.717) is 0 Å². The zero-order valence-electron chi connectivity index (χ0n) is 9.96. The minimum atomic E-state index is 1.05. The van der Waals surface area contributed by atoms with Gasteiger partial charge in [-0.15, -0.1) is 0 Å². The van der Waals surface area contributed by atoms with Gasteiger partial charge in [0.2, 0.25) is 0 Å². The second-order valence-corrected chi connectivity index (χ2v) is 4.21. The molecule has 2 aromatic heterocycles. The molecule has 0 aliphatic carbocycles. The highest BCUT2D eigenvalue weighted by Gasteiger charge is 2.08. The number of hydrogen-bond acceptors (Lipinski definition) is 1. The predicted molar refractivity (Wildman–Crippen MR) is 68.2 cm³/mol. The van der Waals surface area contributed by atoms with Crippen LogP contribution in [0.5, 0.6) is 0 Å². The Morgan fingerprint density at radius 3 is 2.31 bits per heavy atom. The number of nitrogens with one attached hydrogen (secondary N) is 1. The topological polar surface area (TPSA) is 28.7 Å². The summed E-state index contributed by atoms with van der Waals surface area (Å²) in [5.41, 5.74) is 6.89. The highest BCUT2D eigenvalue weighted by molar-refractivity contribution is 5.70. The summed E-state index contributed by atoms with van der Waals surface area (Å²) in [5.74, 6) is 0. The average molecular weight is 212 g/mol. The number of H-pyrrole nitrogens is 1. The van der Waals surface area contributed by atoms with Crippen molar-refractivity contribution in [3.63, 3.8) is 0 Å². The molecule has 2 heteroatoms. The quantitative estimate of drug-likeness (QED) is 0.807. The van der Waals surface area contributed by atoms with E-state index in [1.54, 1.807) is 0 Å². The van der Waals surface area contributed by atoms with E-state index < -0.39 is 0 Å². The number of rotatable bonds is 2. The first-order valence-corrected chi connectivity index (χ1v) is 5.36. The number of hydrogen-bond donors (Lipinski definition) is 1. The van der Waals surface area contributed by atoms with Crippen molar-refractivity contribution in [3.8, 4) is 11.3 Å². The molecule has 0 saturated carbocycles. The van der Waals surface area contributed by atoms with Crippen molar-refractivity contribution in [1.29, 1.82) is 0 Å². The number of pyridine rings is 1. The Morgan fingerprint density at radius 1 is 1.19 bits per heavy atom. The fourth-order valence-corrected chi connectivity index (χ4v) is 1.92. The molecule has 0 aromatic carbocycles. The zero-order chi connectivity index (χ0) is 11.7. The molecule has 0 saturated heterocycles. The number of nitrogens with zero attached hydrogens (tertiary/aromatic N) is 1. The van der Waals surface area contributed by atoms with E-state index in [0.717, 1.165) is 17.0 Å². The van der Waals surface area contributed by atoms with E-state index in [9.17, 15) is 0 Å². The van der Waals surface area contributed by atoms with E-state index in [-0.39, 0.29) is 0 Å². The van der Waals surface area contributed by atoms with Crippen LogP contribution in [-0.2, 0) is 0 Å². The third-order valence-electron chi connectivity index (χ3n) is 2.74. The molecule has 0 spiro atoms. The van der Waals surface area contributed by atoms with E-state index in [4.69, 9.17) is 0 Å². The van der Waals surface area contributed by atoms with Gasteiger partial charge in [0.15, 0.2) is 0 Å². The monoisotopic (exact) mass is 212 g/mol. The number of aromatic amines is 1. The summed E-state index contributed by atoms with van der Waals surface area (Å²) in [6.07, 6.45) is 3.78. The van der Waals surface area contributed by atoms with Crippen molar-refractivity contribution in [1.82, 2.24) is 9.97 Å². The van der Waals surface area contributed by atoms with Gasteiger partial charge in [-0.05, 0) is 49.6 Å². The van der Waals surface area contributed by atoms with Crippen molar-refractivity contribution in [2.75, 3.05) is 0 Å². The van der Waals surface area contributed by atoms with Crippen LogP contribution < -0.4 is 0 Å². The van der Waals surface area contributed by atoms with Gasteiger partial charge in [-0.2, -0.15) is 0 Å². The van der Waals surface area contributed by atoms with Crippen LogP contribution in [-0.4, -0.2) is 9.97 Å². The Kier molecular flexibility index (Phi) is 2.65. The lowest BCUT2D eigenvalue weighted by atomic mass is 10.0. The molecular weight excluding hydrogens is 196 g/mol. The van der Waals surface area contributed by atoms with Gasteiger partial charge in [-0.25, -0.2) is 0 Å². The second-order valence-electron chi connectivity index (χ2n) is 4.21. The standard InChI is InChI=1S/C14H16N2/c1-9(2)12-5-6-13(16-12)14-10(3)7-15-8-11(14)4/h5-8,16H,1H2,2-4H3. The maximum absolute atomic E-state index is 4.18. The first-order chi connectivity index (χ1) is 7.59. The molecule has 0 aliphatic heterocycles. The van der Waals surface area contributed by atoms with E-state index in [1.807, 2.05) is 19.3 Å². The highest BCUT2D eigenvalue weighted by Crippen LogP contribution is 2.26. The van der Waals surface area contributed by atoms with Crippen molar-refractivity contribution in [2.24, 2.45) is 0 Å². The fraction of sp³-hybridized carbons (Fsp3) is 0.214. The predicted octanol–water partition coefficient (Wildman–Crippen LogP) is 3.73. The van der Waals surface area contributed by atoms with E-state index >= 15 is 0 Å². The lowest BCUT2D eigenvalue weighted by molar-refractivity contribution is 1.21. The summed E-state index contributed by atoms with van der Waals surface area (Å²) in [6.45, 7) is 10.1. The second kappa shape index (κ2) is 3.97. The molecule has 82 valence electrons. The molecule has 2 rings (SSSR count). The van der Waals surface area contributed by atoms with Crippen LogP contribution in [0.4, 0.5) is 0 Å². The van der Waals surface area contributed by atoms with Gasteiger partial charge >= 0.3 is 0 Å². The summed E-state index contributed by atoms with van der Waals surface area (Å²) in [7, 11) is 0. The van der Waals surface area contributed by atoms with Crippen molar-refractivity contribution >= 4 is 5.57 Å². The van der Waals surface area contributed by atoms with Gasteiger partial charge in [0, 0.05) is 29.3 Å². The van der Waals surface area contributed by atoms with Gasteiger partial charge in [0.05, 0.1) is 0 Å². The summed E-state index contributed by atoms with van der Waals surface area (Å²) in [6, 6.07) is 4.16. The molecular formula is C14H16N2. The van der Waals surface area contributed by atoms with Gasteiger partial charge in [0.1, 0.15) is 0 Å². The van der Waals surface area contributed by atoms with E-state index in [1.165, 1.54) is 16.7 Å². The summed E-state index contributed by atoms with van der Waals surface area (Å²) >= 11 is 0. The summed E-state index contributed by atoms with van der Waals surface area (Å²) in [5, 5.41) is 0. The van der Waals surface area contributed by atoms with E-state index in [2.05, 4.69) is 42.5 Å². The van der Waals surface area contributed by atoms with Gasteiger partial charge < -0.3 is 4.98 Å². The molecule has 16 heavy (non-hydrogen) atoms. The average Bonchev–Trinajstić information content (AvgIpc) is 2.66. The summed E-state index contributed by atoms with van der Waals surface area (Å²) in [4.78, 5) is 7.56. The normalized spacial score (nSPS) is 10.4. The fourth-order valence-electron chi connectivity index (χ4n) is 1.92. The molecule has 2 nitrogen and oxygen atoms in total. The lowest BCUT2D eigenvalue weighted by Gasteiger charge is -2.06. The van der Waals surface area contributed by atoms with Crippen LogP contribution in [0.15, 0.2) is 31.1 Å². The summed E-state index contributed by atoms with van der Waals surface area (Å²) < 4.78 is 0. The number of aryl methyl sites for hydroxylation is 2. The van der Waals surface area contributed by atoms with Gasteiger partial charge in [-0.3, -0.25) is 4.98 Å². The molecule has 0 fully saturated rings. The van der Waals surface area contributed by atoms with Crippen LogP contribution in [0.25, 0.3) is 16.8 Å². The zero-order valence-corrected chi connectivity index (χ0v) is 9.96. The lowest BCUT2D eigenvalue weighted by Crippen LogP contribution is -1.90. The third kappa shape index (κ3) is 1.78. The van der Waals surface area contributed by atoms with Crippen LogP contribution in [0.1, 0.15) is 23.7 Å². The minimum absolute atomic E-state index is 1.05.